The van der Waals surface area contributed by atoms with Gasteiger partial charge in [-0.2, -0.15) is 0 Å². The van der Waals surface area contributed by atoms with E-state index >= 15 is 0 Å². The average molecular weight is 570 g/mol. The first-order valence-corrected chi connectivity index (χ1v) is 15.3. The topological polar surface area (TPSA) is 62.3 Å². The van der Waals surface area contributed by atoms with Gasteiger partial charge in [0.15, 0.2) is 0 Å². The van der Waals surface area contributed by atoms with E-state index in [1.165, 1.54) is 23.3 Å². The second-order valence-electron chi connectivity index (χ2n) is 11.3. The first kappa shape index (κ1) is 29.6. The summed E-state index contributed by atoms with van der Waals surface area (Å²) in [5, 5.41) is 0. The zero-order valence-corrected chi connectivity index (χ0v) is 24.7. The standard InChI is InChI=1S/C35H43N3O4/c1-41-31-17-12-28(13-18-31)9-5-6-24-37-33(34(39)38(35(37)40)26-25-36-22-7-8-23-36)21-16-29-14-19-32(20-15-29)42-27-30-10-3-2-4-11-30/h2-4,10-15,17-20,33H,5-9,16,21-27H2,1H3/t33-/m0/s1. The first-order chi connectivity index (χ1) is 20.6. The van der Waals surface area contributed by atoms with Crippen LogP contribution in [-0.4, -0.2) is 72.5 Å². The number of imide groups is 1. The van der Waals surface area contributed by atoms with Gasteiger partial charge >= 0.3 is 6.03 Å². The molecule has 2 aliphatic rings. The normalized spacial score (nSPS) is 17.3. The Labute approximate surface area is 250 Å². The van der Waals surface area contributed by atoms with Crippen LogP contribution in [0.2, 0.25) is 0 Å². The molecule has 3 aromatic carbocycles. The van der Waals surface area contributed by atoms with E-state index in [0.717, 1.165) is 67.9 Å². The number of carbonyl (C=O) groups is 2. The van der Waals surface area contributed by atoms with Crippen LogP contribution in [-0.2, 0) is 24.2 Å². The third kappa shape index (κ3) is 7.91. The highest BCUT2D eigenvalue weighted by Crippen LogP contribution is 2.24. The van der Waals surface area contributed by atoms with Gasteiger partial charge in [0.1, 0.15) is 24.1 Å². The molecule has 0 aliphatic carbocycles. The van der Waals surface area contributed by atoms with Gasteiger partial charge in [0.2, 0.25) is 0 Å². The van der Waals surface area contributed by atoms with Gasteiger partial charge in [-0.3, -0.25) is 9.69 Å². The summed E-state index contributed by atoms with van der Waals surface area (Å²) in [7, 11) is 1.67. The molecular formula is C35H43N3O4. The molecule has 5 rings (SSSR count). The fourth-order valence-corrected chi connectivity index (χ4v) is 5.88. The molecule has 222 valence electrons. The molecule has 0 spiro atoms. The van der Waals surface area contributed by atoms with E-state index in [4.69, 9.17) is 9.47 Å². The molecule has 0 aromatic heterocycles. The summed E-state index contributed by atoms with van der Waals surface area (Å²) in [4.78, 5) is 32.7. The van der Waals surface area contributed by atoms with Crippen molar-refractivity contribution in [2.24, 2.45) is 0 Å². The summed E-state index contributed by atoms with van der Waals surface area (Å²) in [5.74, 6) is 1.63. The van der Waals surface area contributed by atoms with Crippen molar-refractivity contribution in [3.05, 3.63) is 95.6 Å². The smallest absolute Gasteiger partial charge is 0.327 e. The van der Waals surface area contributed by atoms with Gasteiger partial charge in [0.05, 0.1) is 7.11 Å². The lowest BCUT2D eigenvalue weighted by molar-refractivity contribution is -0.128. The number of rotatable bonds is 15. The summed E-state index contributed by atoms with van der Waals surface area (Å²) in [5.41, 5.74) is 3.52. The van der Waals surface area contributed by atoms with Crippen LogP contribution in [0.3, 0.4) is 0 Å². The maximum Gasteiger partial charge on any atom is 0.327 e. The monoisotopic (exact) mass is 569 g/mol. The van der Waals surface area contributed by atoms with Crippen LogP contribution >= 0.6 is 0 Å². The Morgan fingerprint density at radius 1 is 0.714 bits per heavy atom. The number of hydrogen-bond donors (Lipinski definition) is 0. The number of ether oxygens (including phenoxy) is 2. The molecule has 3 amide bonds. The van der Waals surface area contributed by atoms with Crippen molar-refractivity contribution in [3.63, 3.8) is 0 Å². The van der Waals surface area contributed by atoms with Gasteiger partial charge in [-0.1, -0.05) is 54.6 Å². The molecule has 0 saturated carbocycles. The lowest BCUT2D eigenvalue weighted by atomic mass is 10.0. The zero-order valence-electron chi connectivity index (χ0n) is 24.7. The van der Waals surface area contributed by atoms with E-state index < -0.39 is 6.04 Å². The molecule has 0 bridgehead atoms. The van der Waals surface area contributed by atoms with Gasteiger partial charge in [-0.05, 0) is 99.0 Å². The maximum atomic E-state index is 13.6. The number of methoxy groups -OCH3 is 1. The Morgan fingerprint density at radius 2 is 1.38 bits per heavy atom. The van der Waals surface area contributed by atoms with E-state index in [1.807, 2.05) is 59.5 Å². The molecule has 0 radical (unpaired) electrons. The summed E-state index contributed by atoms with van der Waals surface area (Å²) < 4.78 is 11.2. The molecule has 1 atom stereocenters. The second-order valence-corrected chi connectivity index (χ2v) is 11.3. The molecule has 7 nitrogen and oxygen atoms in total. The van der Waals surface area contributed by atoms with Crippen molar-refractivity contribution < 1.29 is 19.1 Å². The van der Waals surface area contributed by atoms with Crippen LogP contribution in [0.15, 0.2) is 78.9 Å². The highest BCUT2D eigenvalue weighted by Gasteiger charge is 2.44. The van der Waals surface area contributed by atoms with Gasteiger partial charge < -0.3 is 19.3 Å². The van der Waals surface area contributed by atoms with Crippen molar-refractivity contribution in [2.45, 2.75) is 57.6 Å². The van der Waals surface area contributed by atoms with Gasteiger partial charge in [0, 0.05) is 19.6 Å². The van der Waals surface area contributed by atoms with Crippen molar-refractivity contribution in [1.29, 1.82) is 0 Å². The minimum atomic E-state index is -0.411. The second kappa shape index (κ2) is 14.9. The van der Waals surface area contributed by atoms with E-state index in [2.05, 4.69) is 29.2 Å². The Kier molecular flexibility index (Phi) is 10.5. The highest BCUT2D eigenvalue weighted by atomic mass is 16.5. The number of likely N-dealkylation sites (tertiary alicyclic amines) is 1. The first-order valence-electron chi connectivity index (χ1n) is 15.3. The van der Waals surface area contributed by atoms with E-state index in [9.17, 15) is 9.59 Å². The largest absolute Gasteiger partial charge is 0.497 e. The molecule has 3 aromatic rings. The summed E-state index contributed by atoms with van der Waals surface area (Å²) in [6.45, 7) is 4.47. The third-order valence-electron chi connectivity index (χ3n) is 8.39. The Balaban J connectivity index is 1.16. The number of amides is 3. The predicted octanol–water partition coefficient (Wildman–Crippen LogP) is 5.96. The zero-order chi connectivity index (χ0) is 29.1. The minimum Gasteiger partial charge on any atom is -0.497 e. The Hall–Kier alpha value is -3.84. The number of hydrogen-bond acceptors (Lipinski definition) is 5. The van der Waals surface area contributed by atoms with E-state index in [-0.39, 0.29) is 11.9 Å². The predicted molar refractivity (Wildman–Crippen MR) is 165 cm³/mol. The number of carbonyl (C=O) groups excluding carboxylic acids is 2. The molecule has 0 N–H and O–H groups in total. The van der Waals surface area contributed by atoms with E-state index in [1.54, 1.807) is 7.11 Å². The molecule has 2 aliphatic heterocycles. The summed E-state index contributed by atoms with van der Waals surface area (Å²) in [6, 6.07) is 25.8. The fraction of sp³-hybridized carbons (Fsp3) is 0.429. The molecule has 2 heterocycles. The number of urea groups is 1. The SMILES string of the molecule is COc1ccc(CCCCN2C(=O)N(CCN3CCCC3)C(=O)[C@@H]2CCc2ccc(OCc3ccccc3)cc2)cc1. The van der Waals surface area contributed by atoms with Gasteiger partial charge in [0.25, 0.3) is 5.91 Å². The fourth-order valence-electron chi connectivity index (χ4n) is 5.88. The third-order valence-corrected chi connectivity index (χ3v) is 8.39. The lowest BCUT2D eigenvalue weighted by Crippen LogP contribution is -2.39. The molecule has 2 fully saturated rings. The lowest BCUT2D eigenvalue weighted by Gasteiger charge is -2.22. The maximum absolute atomic E-state index is 13.6. The number of benzene rings is 3. The number of unbranched alkanes of at least 4 members (excludes halogenated alkanes) is 1. The summed E-state index contributed by atoms with van der Waals surface area (Å²) in [6.07, 6.45) is 6.48. The van der Waals surface area contributed by atoms with Crippen LogP contribution in [0.25, 0.3) is 0 Å². The van der Waals surface area contributed by atoms with Crippen molar-refractivity contribution >= 4 is 11.9 Å². The van der Waals surface area contributed by atoms with Crippen LogP contribution in [0.5, 0.6) is 11.5 Å². The van der Waals surface area contributed by atoms with Crippen molar-refractivity contribution in [3.8, 4) is 11.5 Å². The molecule has 0 unspecified atom stereocenters. The van der Waals surface area contributed by atoms with Gasteiger partial charge in [-0.15, -0.1) is 0 Å². The van der Waals surface area contributed by atoms with Crippen LogP contribution < -0.4 is 9.47 Å². The van der Waals surface area contributed by atoms with Crippen LogP contribution in [0, 0.1) is 0 Å². The highest BCUT2D eigenvalue weighted by molar-refractivity contribution is 6.04. The Morgan fingerprint density at radius 3 is 2.07 bits per heavy atom. The van der Waals surface area contributed by atoms with Gasteiger partial charge in [-0.25, -0.2) is 4.79 Å². The number of aryl methyl sites for hydroxylation is 2. The molecule has 7 heteroatoms. The van der Waals surface area contributed by atoms with E-state index in [0.29, 0.717) is 26.1 Å². The minimum absolute atomic E-state index is 0.0443. The Bertz CT molecular complexity index is 1270. The van der Waals surface area contributed by atoms with Crippen LogP contribution in [0.1, 0.15) is 48.8 Å². The molecular weight excluding hydrogens is 526 g/mol. The van der Waals surface area contributed by atoms with Crippen LogP contribution in [0.4, 0.5) is 4.79 Å². The van der Waals surface area contributed by atoms with Crippen molar-refractivity contribution in [1.82, 2.24) is 14.7 Å². The molecule has 2 saturated heterocycles. The summed E-state index contributed by atoms with van der Waals surface area (Å²) >= 11 is 0. The quantitative estimate of drug-likeness (QED) is 0.167. The average Bonchev–Trinajstić information content (AvgIpc) is 3.63. The number of nitrogens with zero attached hydrogens (tertiary/aromatic N) is 3. The molecule has 42 heavy (non-hydrogen) atoms. The van der Waals surface area contributed by atoms with Crippen molar-refractivity contribution in [2.75, 3.05) is 39.8 Å².